The van der Waals surface area contributed by atoms with Crippen molar-refractivity contribution in [3.63, 3.8) is 0 Å². The maximum Gasteiger partial charge on any atom is 0.255 e. The average Bonchev–Trinajstić information content (AvgIpc) is 2.70. The summed E-state index contributed by atoms with van der Waals surface area (Å²) in [6, 6.07) is 5.07. The van der Waals surface area contributed by atoms with E-state index in [1.54, 1.807) is 24.5 Å². The fourth-order valence-corrected chi connectivity index (χ4v) is 2.57. The van der Waals surface area contributed by atoms with Gasteiger partial charge in [-0.2, -0.15) is 5.10 Å². The predicted octanol–water partition coefficient (Wildman–Crippen LogP) is 2.58. The number of amides is 1. The van der Waals surface area contributed by atoms with Gasteiger partial charge in [-0.3, -0.25) is 4.79 Å². The van der Waals surface area contributed by atoms with E-state index in [4.69, 9.17) is 34.7 Å². The quantitative estimate of drug-likeness (QED) is 0.852. The van der Waals surface area contributed by atoms with Gasteiger partial charge < -0.3 is 11.5 Å². The maximum absolute atomic E-state index is 11.4. The van der Waals surface area contributed by atoms with Crippen LogP contribution in [0.4, 0.5) is 5.82 Å². The normalized spacial score (nSPS) is 10.7. The van der Waals surface area contributed by atoms with Crippen LogP contribution in [-0.2, 0) is 0 Å². The molecule has 8 heteroatoms. The number of hydrogen-bond acceptors (Lipinski definition) is 4. The van der Waals surface area contributed by atoms with Gasteiger partial charge in [0.2, 0.25) is 0 Å². The van der Waals surface area contributed by atoms with Gasteiger partial charge >= 0.3 is 0 Å². The molecule has 1 heterocycles. The molecule has 0 aliphatic carbocycles. The van der Waals surface area contributed by atoms with Crippen LogP contribution in [-0.4, -0.2) is 21.9 Å². The average molecular weight is 317 g/mol. The molecule has 2 aromatic rings. The second-order valence-electron chi connectivity index (χ2n) is 3.62. The first kappa shape index (κ1) is 14.0. The Morgan fingerprint density at radius 2 is 2.11 bits per heavy atom. The van der Waals surface area contributed by atoms with Crippen LogP contribution in [0.5, 0.6) is 0 Å². The molecule has 100 valence electrons. The van der Waals surface area contributed by atoms with Crippen molar-refractivity contribution in [2.75, 3.05) is 12.0 Å². The molecule has 0 fully saturated rings. The zero-order valence-corrected chi connectivity index (χ0v) is 12.2. The van der Waals surface area contributed by atoms with Crippen molar-refractivity contribution in [2.45, 2.75) is 5.03 Å². The van der Waals surface area contributed by atoms with E-state index in [0.717, 1.165) is 0 Å². The molecule has 1 aromatic carbocycles. The molecule has 19 heavy (non-hydrogen) atoms. The van der Waals surface area contributed by atoms with E-state index in [0.29, 0.717) is 20.8 Å². The van der Waals surface area contributed by atoms with Crippen molar-refractivity contribution in [1.29, 1.82) is 0 Å². The number of primary amides is 1. The molecule has 0 saturated heterocycles. The highest BCUT2D eigenvalue weighted by Crippen LogP contribution is 2.32. The Labute approximate surface area is 123 Å². The second-order valence-corrected chi connectivity index (χ2v) is 5.20. The Morgan fingerprint density at radius 3 is 2.63 bits per heavy atom. The lowest BCUT2D eigenvalue weighted by Gasteiger charge is -2.07. The third kappa shape index (κ3) is 2.39. The fourth-order valence-electron chi connectivity index (χ4n) is 1.62. The van der Waals surface area contributed by atoms with Crippen LogP contribution in [0.25, 0.3) is 5.69 Å². The molecule has 4 N–H and O–H groups in total. The van der Waals surface area contributed by atoms with Crippen molar-refractivity contribution in [3.05, 3.63) is 33.8 Å². The minimum Gasteiger partial charge on any atom is -0.383 e. The fraction of sp³-hybridized carbons (Fsp3) is 0.0909. The van der Waals surface area contributed by atoms with Crippen LogP contribution in [0.15, 0.2) is 23.2 Å². The standard InChI is InChI=1S/C11H10Cl2N4OS/c1-19-11-7(10(15)18)9(14)17(16-11)6-4-2-3-5(12)8(6)13/h2-4H,14H2,1H3,(H2,15,18). The third-order valence-corrected chi connectivity index (χ3v) is 3.97. The number of benzene rings is 1. The van der Waals surface area contributed by atoms with Crippen LogP contribution in [0.3, 0.4) is 0 Å². The van der Waals surface area contributed by atoms with Gasteiger partial charge in [-0.15, -0.1) is 11.8 Å². The lowest BCUT2D eigenvalue weighted by Crippen LogP contribution is -2.14. The minimum atomic E-state index is -0.633. The SMILES string of the molecule is CSc1nn(-c2cccc(Cl)c2Cl)c(N)c1C(N)=O. The molecule has 0 saturated carbocycles. The molecule has 0 unspecified atom stereocenters. The zero-order valence-electron chi connectivity index (χ0n) is 9.85. The lowest BCUT2D eigenvalue weighted by atomic mass is 10.3. The third-order valence-electron chi connectivity index (χ3n) is 2.49. The number of thioether (sulfide) groups is 1. The van der Waals surface area contributed by atoms with Gasteiger partial charge in [0.05, 0.1) is 15.7 Å². The zero-order chi connectivity index (χ0) is 14.2. The van der Waals surface area contributed by atoms with E-state index in [-0.39, 0.29) is 11.4 Å². The second kappa shape index (κ2) is 5.32. The van der Waals surface area contributed by atoms with Crippen LogP contribution in [0, 0.1) is 0 Å². The Bertz CT molecular complexity index is 656. The lowest BCUT2D eigenvalue weighted by molar-refractivity contribution is 0.0998. The van der Waals surface area contributed by atoms with Gasteiger partial charge in [0, 0.05) is 0 Å². The monoisotopic (exact) mass is 316 g/mol. The summed E-state index contributed by atoms with van der Waals surface area (Å²) in [6.07, 6.45) is 1.78. The van der Waals surface area contributed by atoms with E-state index in [1.165, 1.54) is 16.4 Å². The molecule has 0 atom stereocenters. The number of nitrogens with two attached hydrogens (primary N) is 2. The Balaban J connectivity index is 2.70. The molecule has 0 radical (unpaired) electrons. The smallest absolute Gasteiger partial charge is 0.255 e. The van der Waals surface area contributed by atoms with E-state index in [2.05, 4.69) is 5.10 Å². The minimum absolute atomic E-state index is 0.140. The molecular weight excluding hydrogens is 307 g/mol. The van der Waals surface area contributed by atoms with Gasteiger partial charge in [-0.1, -0.05) is 29.3 Å². The topological polar surface area (TPSA) is 86.9 Å². The molecular formula is C11H10Cl2N4OS. The van der Waals surface area contributed by atoms with Crippen LogP contribution < -0.4 is 11.5 Å². The first-order chi connectivity index (χ1) is 8.97. The highest BCUT2D eigenvalue weighted by molar-refractivity contribution is 7.98. The summed E-state index contributed by atoms with van der Waals surface area (Å²) in [4.78, 5) is 11.4. The largest absolute Gasteiger partial charge is 0.383 e. The van der Waals surface area contributed by atoms with Crippen molar-refractivity contribution < 1.29 is 4.79 Å². The van der Waals surface area contributed by atoms with Crippen LogP contribution >= 0.6 is 35.0 Å². The number of nitrogen functional groups attached to an aromatic ring is 1. The first-order valence-corrected chi connectivity index (χ1v) is 7.12. The van der Waals surface area contributed by atoms with E-state index < -0.39 is 5.91 Å². The number of aromatic nitrogens is 2. The summed E-state index contributed by atoms with van der Waals surface area (Å²) in [5, 5.41) is 5.36. The summed E-state index contributed by atoms with van der Waals surface area (Å²) in [6.45, 7) is 0. The predicted molar refractivity (Wildman–Crippen MR) is 78.3 cm³/mol. The highest BCUT2D eigenvalue weighted by Gasteiger charge is 2.21. The summed E-state index contributed by atoms with van der Waals surface area (Å²) in [5.41, 5.74) is 11.9. The summed E-state index contributed by atoms with van der Waals surface area (Å²) >= 11 is 13.3. The molecule has 1 amide bonds. The molecule has 0 aliphatic heterocycles. The number of hydrogen-bond donors (Lipinski definition) is 2. The maximum atomic E-state index is 11.4. The highest BCUT2D eigenvalue weighted by atomic mass is 35.5. The van der Waals surface area contributed by atoms with E-state index >= 15 is 0 Å². The Hall–Kier alpha value is -1.37. The molecule has 0 aliphatic rings. The van der Waals surface area contributed by atoms with E-state index in [1.807, 2.05) is 0 Å². The molecule has 0 bridgehead atoms. The Kier molecular flexibility index (Phi) is 3.93. The molecule has 1 aromatic heterocycles. The number of anilines is 1. The van der Waals surface area contributed by atoms with E-state index in [9.17, 15) is 4.79 Å². The number of halogens is 2. The Morgan fingerprint density at radius 1 is 1.42 bits per heavy atom. The van der Waals surface area contributed by atoms with Crippen molar-refractivity contribution in [3.8, 4) is 5.69 Å². The van der Waals surface area contributed by atoms with Gasteiger partial charge in [-0.25, -0.2) is 4.68 Å². The van der Waals surface area contributed by atoms with Gasteiger partial charge in [0.25, 0.3) is 5.91 Å². The van der Waals surface area contributed by atoms with Crippen LogP contribution in [0.2, 0.25) is 10.0 Å². The van der Waals surface area contributed by atoms with Crippen molar-refractivity contribution in [1.82, 2.24) is 9.78 Å². The molecule has 2 rings (SSSR count). The van der Waals surface area contributed by atoms with Gasteiger partial charge in [0.15, 0.2) is 0 Å². The van der Waals surface area contributed by atoms with Crippen LogP contribution in [0.1, 0.15) is 10.4 Å². The van der Waals surface area contributed by atoms with Gasteiger partial charge in [-0.05, 0) is 18.4 Å². The summed E-state index contributed by atoms with van der Waals surface area (Å²) in [7, 11) is 0. The van der Waals surface area contributed by atoms with Crippen molar-refractivity contribution >= 4 is 46.7 Å². The number of nitrogens with zero attached hydrogens (tertiary/aromatic N) is 2. The summed E-state index contributed by atoms with van der Waals surface area (Å²) in [5.74, 6) is -0.493. The first-order valence-electron chi connectivity index (χ1n) is 5.14. The summed E-state index contributed by atoms with van der Waals surface area (Å²) < 4.78 is 1.36. The number of rotatable bonds is 3. The van der Waals surface area contributed by atoms with Gasteiger partial charge in [0.1, 0.15) is 16.4 Å². The van der Waals surface area contributed by atoms with Crippen molar-refractivity contribution in [2.24, 2.45) is 5.73 Å². The molecule has 0 spiro atoms. The number of carbonyl (C=O) groups excluding carboxylic acids is 1. The number of carbonyl (C=O) groups is 1. The molecule has 5 nitrogen and oxygen atoms in total.